The Hall–Kier alpha value is 0. The predicted molar refractivity (Wildman–Crippen MR) is 186 cm³/mol. The molecule has 40 heavy (non-hydrogen) atoms. The summed E-state index contributed by atoms with van der Waals surface area (Å²) in [6.07, 6.45) is 52.6. The van der Waals surface area contributed by atoms with Crippen molar-refractivity contribution in [1.82, 2.24) is 0 Å². The highest BCUT2D eigenvalue weighted by Gasteiger charge is 2.07. The van der Waals surface area contributed by atoms with Gasteiger partial charge in [-0.15, -0.1) is 0 Å². The van der Waals surface area contributed by atoms with Gasteiger partial charge >= 0.3 is 0 Å². The number of hydrogen-bond donors (Lipinski definition) is 0. The highest BCUT2D eigenvalue weighted by Crippen LogP contribution is 2.23. The van der Waals surface area contributed by atoms with Crippen LogP contribution in [0.5, 0.6) is 0 Å². The van der Waals surface area contributed by atoms with Crippen LogP contribution in [0.3, 0.4) is 0 Å². The molecule has 0 bridgehead atoms. The average Bonchev–Trinajstić information content (AvgIpc) is 2.96. The Bertz CT molecular complexity index is 376. The van der Waals surface area contributed by atoms with Crippen LogP contribution in [-0.4, -0.2) is 0 Å². The van der Waals surface area contributed by atoms with E-state index in [-0.39, 0.29) is 0 Å². The van der Waals surface area contributed by atoms with Crippen LogP contribution in [0, 0.1) is 12.8 Å². The van der Waals surface area contributed by atoms with Crippen molar-refractivity contribution in [3.8, 4) is 0 Å². The zero-order chi connectivity index (χ0) is 29.0. The first-order chi connectivity index (χ1) is 19.8. The van der Waals surface area contributed by atoms with E-state index in [1.165, 1.54) is 225 Å². The van der Waals surface area contributed by atoms with Gasteiger partial charge in [0.25, 0.3) is 0 Å². The lowest BCUT2D eigenvalue weighted by Gasteiger charge is -2.16. The molecule has 0 fully saturated rings. The fourth-order valence-corrected chi connectivity index (χ4v) is 6.68. The summed E-state index contributed by atoms with van der Waals surface area (Å²) in [5, 5.41) is 0. The average molecular weight is 562 g/mol. The SMILES string of the molecule is [CH2]CCC(CCCCCCCCCCCCCCCCCC)CCCCCCCCCCCCCCCCCC. The topological polar surface area (TPSA) is 0 Å². The molecule has 0 heteroatoms. The summed E-state index contributed by atoms with van der Waals surface area (Å²) < 4.78 is 0. The van der Waals surface area contributed by atoms with Gasteiger partial charge in [-0.05, 0) is 5.92 Å². The second-order valence-corrected chi connectivity index (χ2v) is 13.7. The molecule has 0 saturated carbocycles. The van der Waals surface area contributed by atoms with E-state index in [4.69, 9.17) is 0 Å². The molecule has 0 spiro atoms. The maximum atomic E-state index is 4.17. The van der Waals surface area contributed by atoms with Gasteiger partial charge in [-0.1, -0.05) is 252 Å². The lowest BCUT2D eigenvalue weighted by Crippen LogP contribution is -2.00. The summed E-state index contributed by atoms with van der Waals surface area (Å²) in [6.45, 7) is 8.79. The van der Waals surface area contributed by atoms with Gasteiger partial charge in [0.2, 0.25) is 0 Å². The molecule has 0 aromatic rings. The Morgan fingerprint density at radius 1 is 0.275 bits per heavy atom. The summed E-state index contributed by atoms with van der Waals surface area (Å²) in [4.78, 5) is 0. The van der Waals surface area contributed by atoms with E-state index in [9.17, 15) is 0 Å². The monoisotopic (exact) mass is 562 g/mol. The number of rotatable bonds is 36. The van der Waals surface area contributed by atoms with Gasteiger partial charge in [-0.25, -0.2) is 0 Å². The Balaban J connectivity index is 3.35. The maximum Gasteiger partial charge on any atom is -0.0414 e. The summed E-state index contributed by atoms with van der Waals surface area (Å²) >= 11 is 0. The van der Waals surface area contributed by atoms with Crippen molar-refractivity contribution in [2.45, 2.75) is 245 Å². The normalized spacial score (nSPS) is 11.7. The Morgan fingerprint density at radius 3 is 0.675 bits per heavy atom. The molecule has 0 saturated heterocycles. The first kappa shape index (κ1) is 40.0. The van der Waals surface area contributed by atoms with Crippen LogP contribution in [0.15, 0.2) is 0 Å². The lowest BCUT2D eigenvalue weighted by molar-refractivity contribution is 0.381. The van der Waals surface area contributed by atoms with Crippen LogP contribution in [0.2, 0.25) is 0 Å². The van der Waals surface area contributed by atoms with Gasteiger partial charge in [-0.2, -0.15) is 0 Å². The van der Waals surface area contributed by atoms with Crippen LogP contribution < -0.4 is 0 Å². The van der Waals surface area contributed by atoms with Crippen molar-refractivity contribution < 1.29 is 0 Å². The molecule has 0 atom stereocenters. The molecule has 0 aliphatic carbocycles. The zero-order valence-corrected chi connectivity index (χ0v) is 28.7. The number of unbranched alkanes of at least 4 members (excludes halogenated alkanes) is 30. The maximum absolute atomic E-state index is 4.17. The van der Waals surface area contributed by atoms with Gasteiger partial charge in [-0.3, -0.25) is 0 Å². The van der Waals surface area contributed by atoms with Crippen molar-refractivity contribution in [2.75, 3.05) is 0 Å². The molecule has 0 N–H and O–H groups in total. The summed E-state index contributed by atoms with van der Waals surface area (Å²) in [7, 11) is 0. The van der Waals surface area contributed by atoms with Crippen LogP contribution in [-0.2, 0) is 0 Å². The van der Waals surface area contributed by atoms with Gasteiger partial charge < -0.3 is 0 Å². The Labute approximate surface area is 257 Å². The van der Waals surface area contributed by atoms with E-state index in [1.54, 1.807) is 0 Å². The Kier molecular flexibility index (Phi) is 37.0. The molecular weight excluding hydrogens is 480 g/mol. The summed E-state index contributed by atoms with van der Waals surface area (Å²) in [5.74, 6) is 0.968. The molecular formula is C40H81. The third kappa shape index (κ3) is 34.2. The van der Waals surface area contributed by atoms with Crippen molar-refractivity contribution in [3.05, 3.63) is 6.92 Å². The van der Waals surface area contributed by atoms with E-state index in [1.807, 2.05) is 0 Å². The third-order valence-corrected chi connectivity index (χ3v) is 9.54. The molecule has 0 unspecified atom stereocenters. The molecule has 0 aromatic heterocycles. The molecule has 0 aromatic carbocycles. The standard InChI is InChI=1S/C40H81/c1-4-7-9-11-13-15-17-19-21-23-25-27-29-31-33-35-38-40(37-6-3)39-36-34-32-30-28-26-24-22-20-18-16-14-12-10-8-5-2/h40H,3-39H2,1-2H3. The van der Waals surface area contributed by atoms with E-state index in [0.717, 1.165) is 12.3 Å². The fraction of sp³-hybridized carbons (Fsp3) is 0.975. The minimum Gasteiger partial charge on any atom is -0.0654 e. The lowest BCUT2D eigenvalue weighted by atomic mass is 9.90. The first-order valence-electron chi connectivity index (χ1n) is 19.6. The molecule has 0 aliphatic rings. The highest BCUT2D eigenvalue weighted by atomic mass is 14.1. The second kappa shape index (κ2) is 37.0. The summed E-state index contributed by atoms with van der Waals surface area (Å²) in [5.41, 5.74) is 0. The smallest absolute Gasteiger partial charge is 0.0414 e. The van der Waals surface area contributed by atoms with Crippen LogP contribution >= 0.6 is 0 Å². The molecule has 0 amide bonds. The highest BCUT2D eigenvalue weighted by molar-refractivity contribution is 4.62. The van der Waals surface area contributed by atoms with E-state index >= 15 is 0 Å². The van der Waals surface area contributed by atoms with Crippen molar-refractivity contribution in [1.29, 1.82) is 0 Å². The van der Waals surface area contributed by atoms with Gasteiger partial charge in [0.1, 0.15) is 0 Å². The third-order valence-electron chi connectivity index (χ3n) is 9.54. The van der Waals surface area contributed by atoms with Crippen molar-refractivity contribution >= 4 is 0 Å². The minimum atomic E-state index is 0.968. The second-order valence-electron chi connectivity index (χ2n) is 13.7. The van der Waals surface area contributed by atoms with E-state index in [2.05, 4.69) is 20.8 Å². The van der Waals surface area contributed by atoms with Crippen molar-refractivity contribution in [2.24, 2.45) is 5.92 Å². The van der Waals surface area contributed by atoms with Crippen LogP contribution in [0.1, 0.15) is 245 Å². The Morgan fingerprint density at radius 2 is 0.475 bits per heavy atom. The molecule has 241 valence electrons. The molecule has 0 aliphatic heterocycles. The van der Waals surface area contributed by atoms with Crippen molar-refractivity contribution in [3.63, 3.8) is 0 Å². The molecule has 0 rings (SSSR count). The summed E-state index contributed by atoms with van der Waals surface area (Å²) in [6, 6.07) is 0. The molecule has 0 heterocycles. The minimum absolute atomic E-state index is 0.968. The zero-order valence-electron chi connectivity index (χ0n) is 28.7. The van der Waals surface area contributed by atoms with E-state index < -0.39 is 0 Å². The van der Waals surface area contributed by atoms with Gasteiger partial charge in [0, 0.05) is 0 Å². The predicted octanol–water partition coefficient (Wildman–Crippen LogP) is 15.5. The quantitative estimate of drug-likeness (QED) is 0.0667. The van der Waals surface area contributed by atoms with E-state index in [0.29, 0.717) is 0 Å². The fourth-order valence-electron chi connectivity index (χ4n) is 6.68. The van der Waals surface area contributed by atoms with Gasteiger partial charge in [0.15, 0.2) is 0 Å². The molecule has 1 radical (unpaired) electrons. The largest absolute Gasteiger partial charge is 0.0654 e. The first-order valence-corrected chi connectivity index (χ1v) is 19.6. The number of hydrogen-bond acceptors (Lipinski definition) is 0. The van der Waals surface area contributed by atoms with Crippen LogP contribution in [0.4, 0.5) is 0 Å². The molecule has 0 nitrogen and oxygen atoms in total. The van der Waals surface area contributed by atoms with Gasteiger partial charge in [0.05, 0.1) is 0 Å². The van der Waals surface area contributed by atoms with Crippen LogP contribution in [0.25, 0.3) is 0 Å².